The zero-order valence-electron chi connectivity index (χ0n) is 11.5. The molecule has 0 spiro atoms. The van der Waals surface area contributed by atoms with Gasteiger partial charge in [0.1, 0.15) is 5.75 Å². The minimum Gasteiger partial charge on any atom is -0.405 e. The average Bonchev–Trinajstić information content (AvgIpc) is 2.38. The first kappa shape index (κ1) is 16.8. The van der Waals surface area contributed by atoms with E-state index in [0.717, 1.165) is 12.8 Å². The number of halogens is 3. The molecule has 0 aliphatic rings. The molecule has 0 atom stereocenters. The van der Waals surface area contributed by atoms with Gasteiger partial charge in [-0.1, -0.05) is 31.5 Å². The van der Waals surface area contributed by atoms with Crippen molar-refractivity contribution in [2.75, 3.05) is 19.8 Å². The summed E-state index contributed by atoms with van der Waals surface area (Å²) < 4.78 is 46.0. The monoisotopic (exact) mass is 291 g/mol. The van der Waals surface area contributed by atoms with E-state index in [4.69, 9.17) is 4.74 Å². The van der Waals surface area contributed by atoms with Crippen molar-refractivity contribution >= 4 is 0 Å². The quantitative estimate of drug-likeness (QED) is 0.706. The molecule has 6 heteroatoms. The summed E-state index contributed by atoms with van der Waals surface area (Å²) in [7, 11) is 0. The van der Waals surface area contributed by atoms with Crippen LogP contribution < -0.4 is 10.1 Å². The highest BCUT2D eigenvalue weighted by Crippen LogP contribution is 2.25. The molecular weight excluding hydrogens is 271 g/mol. The number of para-hydroxylation sites is 1. The fraction of sp³-hybridized carbons (Fsp3) is 0.571. The number of alkyl halides is 3. The van der Waals surface area contributed by atoms with Crippen molar-refractivity contribution in [3.8, 4) is 5.75 Å². The van der Waals surface area contributed by atoms with Crippen molar-refractivity contribution < 1.29 is 22.6 Å². The third-order valence-corrected chi connectivity index (χ3v) is 2.58. The van der Waals surface area contributed by atoms with Gasteiger partial charge >= 0.3 is 6.36 Å². The summed E-state index contributed by atoms with van der Waals surface area (Å²) in [5.41, 5.74) is 0.471. The lowest BCUT2D eigenvalue weighted by Gasteiger charge is -2.13. The second-order valence-electron chi connectivity index (χ2n) is 4.30. The largest absolute Gasteiger partial charge is 0.573 e. The summed E-state index contributed by atoms with van der Waals surface area (Å²) in [6.45, 7) is 4.24. The highest BCUT2D eigenvalue weighted by Gasteiger charge is 2.31. The normalized spacial score (nSPS) is 11.6. The number of unbranched alkanes of at least 4 members (excludes halogenated alkanes) is 1. The van der Waals surface area contributed by atoms with Gasteiger partial charge in [0.25, 0.3) is 0 Å². The summed E-state index contributed by atoms with van der Waals surface area (Å²) >= 11 is 0. The number of hydrogen-bond donors (Lipinski definition) is 1. The van der Waals surface area contributed by atoms with E-state index in [-0.39, 0.29) is 5.75 Å². The minimum absolute atomic E-state index is 0.167. The summed E-state index contributed by atoms with van der Waals surface area (Å²) in [5.74, 6) is -0.167. The molecule has 0 saturated heterocycles. The van der Waals surface area contributed by atoms with Crippen LogP contribution in [0.4, 0.5) is 13.2 Å². The number of hydrogen-bond acceptors (Lipinski definition) is 3. The van der Waals surface area contributed by atoms with Gasteiger partial charge in [0.2, 0.25) is 0 Å². The number of rotatable bonds is 9. The first-order chi connectivity index (χ1) is 9.53. The maximum atomic E-state index is 12.2. The molecule has 1 rings (SSSR count). The van der Waals surface area contributed by atoms with Gasteiger partial charge in [0, 0.05) is 25.3 Å². The van der Waals surface area contributed by atoms with Crippen LogP contribution in [-0.2, 0) is 11.3 Å². The van der Waals surface area contributed by atoms with E-state index < -0.39 is 6.36 Å². The van der Waals surface area contributed by atoms with Gasteiger partial charge in [0.05, 0.1) is 6.61 Å². The Morgan fingerprint density at radius 2 is 1.90 bits per heavy atom. The van der Waals surface area contributed by atoms with Crippen LogP contribution in [0.3, 0.4) is 0 Å². The lowest BCUT2D eigenvalue weighted by Crippen LogP contribution is -2.22. The zero-order chi connectivity index (χ0) is 14.8. The molecule has 0 amide bonds. The van der Waals surface area contributed by atoms with Crippen LogP contribution in [0.2, 0.25) is 0 Å². The molecule has 0 aliphatic heterocycles. The highest BCUT2D eigenvalue weighted by molar-refractivity contribution is 5.33. The lowest BCUT2D eigenvalue weighted by molar-refractivity contribution is -0.274. The number of nitrogens with one attached hydrogen (secondary N) is 1. The van der Waals surface area contributed by atoms with Crippen molar-refractivity contribution in [2.24, 2.45) is 0 Å². The van der Waals surface area contributed by atoms with Gasteiger partial charge in [-0.3, -0.25) is 0 Å². The Morgan fingerprint density at radius 1 is 1.15 bits per heavy atom. The summed E-state index contributed by atoms with van der Waals surface area (Å²) in [5, 5.41) is 3.03. The smallest absolute Gasteiger partial charge is 0.405 e. The van der Waals surface area contributed by atoms with Crippen molar-refractivity contribution in [1.82, 2.24) is 5.32 Å². The van der Waals surface area contributed by atoms with E-state index in [9.17, 15) is 13.2 Å². The molecule has 114 valence electrons. The van der Waals surface area contributed by atoms with Crippen LogP contribution in [0, 0.1) is 0 Å². The molecule has 0 bridgehead atoms. The number of ether oxygens (including phenoxy) is 2. The summed E-state index contributed by atoms with van der Waals surface area (Å²) in [4.78, 5) is 0. The van der Waals surface area contributed by atoms with Crippen LogP contribution >= 0.6 is 0 Å². The van der Waals surface area contributed by atoms with Crippen molar-refractivity contribution in [3.05, 3.63) is 29.8 Å². The van der Waals surface area contributed by atoms with E-state index in [1.807, 2.05) is 0 Å². The average molecular weight is 291 g/mol. The predicted octanol–water partition coefficient (Wildman–Crippen LogP) is 3.49. The highest BCUT2D eigenvalue weighted by atomic mass is 19.4. The Morgan fingerprint density at radius 3 is 2.60 bits per heavy atom. The molecular formula is C14H20F3NO2. The Hall–Kier alpha value is -1.27. The molecule has 1 aromatic rings. The van der Waals surface area contributed by atoms with Gasteiger partial charge in [-0.25, -0.2) is 0 Å². The maximum absolute atomic E-state index is 12.2. The molecule has 0 unspecified atom stereocenters. The summed E-state index contributed by atoms with van der Waals surface area (Å²) in [6.07, 6.45) is -2.57. The molecule has 0 radical (unpaired) electrons. The predicted molar refractivity (Wildman–Crippen MR) is 70.6 cm³/mol. The van der Waals surface area contributed by atoms with Gasteiger partial charge in [-0.05, 0) is 12.5 Å². The topological polar surface area (TPSA) is 30.5 Å². The summed E-state index contributed by atoms with van der Waals surface area (Å²) in [6, 6.07) is 6.10. The third kappa shape index (κ3) is 7.35. The van der Waals surface area contributed by atoms with Crippen LogP contribution in [-0.4, -0.2) is 26.1 Å². The second kappa shape index (κ2) is 8.81. The van der Waals surface area contributed by atoms with E-state index >= 15 is 0 Å². The molecule has 3 nitrogen and oxygen atoms in total. The fourth-order valence-electron chi connectivity index (χ4n) is 1.59. The molecule has 0 aromatic heterocycles. The SMILES string of the molecule is CCCCOCCNCc1ccccc1OC(F)(F)F. The molecule has 1 N–H and O–H groups in total. The second-order valence-corrected chi connectivity index (χ2v) is 4.30. The van der Waals surface area contributed by atoms with Gasteiger partial charge in [-0.2, -0.15) is 0 Å². The van der Waals surface area contributed by atoms with Gasteiger partial charge in [-0.15, -0.1) is 13.2 Å². The Balaban J connectivity index is 2.33. The maximum Gasteiger partial charge on any atom is 0.573 e. The van der Waals surface area contributed by atoms with Crippen LogP contribution in [0.5, 0.6) is 5.75 Å². The van der Waals surface area contributed by atoms with Crippen LogP contribution in [0.1, 0.15) is 25.3 Å². The van der Waals surface area contributed by atoms with Crippen molar-refractivity contribution in [2.45, 2.75) is 32.7 Å². The molecule has 0 fully saturated rings. The van der Waals surface area contributed by atoms with Gasteiger partial charge < -0.3 is 14.8 Å². The van der Waals surface area contributed by atoms with E-state index in [1.165, 1.54) is 12.1 Å². The van der Waals surface area contributed by atoms with E-state index in [0.29, 0.717) is 31.9 Å². The van der Waals surface area contributed by atoms with E-state index in [2.05, 4.69) is 17.0 Å². The van der Waals surface area contributed by atoms with Gasteiger partial charge in [0.15, 0.2) is 0 Å². The molecule has 0 aliphatic carbocycles. The molecule has 0 heterocycles. The lowest BCUT2D eigenvalue weighted by atomic mass is 10.2. The van der Waals surface area contributed by atoms with Crippen molar-refractivity contribution in [3.63, 3.8) is 0 Å². The molecule has 1 aromatic carbocycles. The van der Waals surface area contributed by atoms with E-state index in [1.54, 1.807) is 12.1 Å². The molecule has 0 saturated carbocycles. The zero-order valence-corrected chi connectivity index (χ0v) is 11.5. The minimum atomic E-state index is -4.67. The van der Waals surface area contributed by atoms with Crippen molar-refractivity contribution in [1.29, 1.82) is 0 Å². The first-order valence-corrected chi connectivity index (χ1v) is 6.65. The Bertz CT molecular complexity index is 383. The number of benzene rings is 1. The Kier molecular flexibility index (Phi) is 7.40. The fourth-order valence-corrected chi connectivity index (χ4v) is 1.59. The molecule has 20 heavy (non-hydrogen) atoms. The van der Waals surface area contributed by atoms with Crippen LogP contribution in [0.25, 0.3) is 0 Å². The third-order valence-electron chi connectivity index (χ3n) is 2.58. The standard InChI is InChI=1S/C14H20F3NO2/c1-2-3-9-19-10-8-18-11-12-6-4-5-7-13(12)20-14(15,16)17/h4-7,18H,2-3,8-11H2,1H3. The first-order valence-electron chi connectivity index (χ1n) is 6.65. The Labute approximate surface area is 117 Å². The van der Waals surface area contributed by atoms with Crippen LogP contribution in [0.15, 0.2) is 24.3 Å².